The second-order valence-electron chi connectivity index (χ2n) is 4.43. The van der Waals surface area contributed by atoms with Gasteiger partial charge in [0, 0.05) is 43.7 Å². The molecule has 0 aromatic carbocycles. The van der Waals surface area contributed by atoms with Crippen LogP contribution >= 0.6 is 0 Å². The van der Waals surface area contributed by atoms with E-state index in [1.807, 2.05) is 27.8 Å². The third-order valence-electron chi connectivity index (χ3n) is 2.71. The van der Waals surface area contributed by atoms with Crippen LogP contribution < -0.4 is 5.32 Å². The average Bonchev–Trinajstić information content (AvgIpc) is 2.97. The Balaban J connectivity index is 1.85. The van der Waals surface area contributed by atoms with Crippen LogP contribution in [-0.4, -0.2) is 19.6 Å². The van der Waals surface area contributed by atoms with Gasteiger partial charge >= 0.3 is 0 Å². The minimum absolute atomic E-state index is 0.771. The summed E-state index contributed by atoms with van der Waals surface area (Å²) in [4.78, 5) is 0. The van der Waals surface area contributed by atoms with Gasteiger partial charge in [-0.1, -0.05) is 13.8 Å². The highest BCUT2D eigenvalue weighted by molar-refractivity contribution is 5.33. The monoisotopic (exact) mass is 247 g/mol. The first kappa shape index (κ1) is 12.7. The van der Waals surface area contributed by atoms with Crippen molar-refractivity contribution >= 4 is 5.82 Å². The minimum atomic E-state index is 0.771. The molecule has 0 unspecified atom stereocenters. The molecule has 0 saturated carbocycles. The molecule has 2 rings (SSSR count). The molecule has 0 spiro atoms. The van der Waals surface area contributed by atoms with E-state index in [0.29, 0.717) is 0 Å². The summed E-state index contributed by atoms with van der Waals surface area (Å²) in [6.07, 6.45) is 8.21. The van der Waals surface area contributed by atoms with E-state index >= 15 is 0 Å². The van der Waals surface area contributed by atoms with E-state index in [4.69, 9.17) is 0 Å². The lowest BCUT2D eigenvalue weighted by atomic mass is 10.3. The van der Waals surface area contributed by atoms with Crippen molar-refractivity contribution in [3.05, 3.63) is 30.2 Å². The van der Waals surface area contributed by atoms with Gasteiger partial charge in [-0.05, 0) is 12.8 Å². The number of hydrogen-bond acceptors (Lipinski definition) is 3. The molecule has 0 radical (unpaired) electrons. The number of nitrogens with zero attached hydrogens (tertiary/aromatic N) is 4. The van der Waals surface area contributed by atoms with Gasteiger partial charge in [0.1, 0.15) is 5.82 Å². The van der Waals surface area contributed by atoms with Gasteiger partial charge in [-0.15, -0.1) is 0 Å². The molecule has 2 aromatic heterocycles. The smallest absolute Gasteiger partial charge is 0.148 e. The summed E-state index contributed by atoms with van der Waals surface area (Å²) in [6.45, 7) is 7.02. The summed E-state index contributed by atoms with van der Waals surface area (Å²) >= 11 is 0. The van der Waals surface area contributed by atoms with Gasteiger partial charge in [0.2, 0.25) is 0 Å². The number of aromatic nitrogens is 4. The zero-order valence-corrected chi connectivity index (χ0v) is 11.1. The van der Waals surface area contributed by atoms with E-state index in [-0.39, 0.29) is 0 Å². The Morgan fingerprint density at radius 1 is 1.17 bits per heavy atom. The predicted octanol–water partition coefficient (Wildman–Crippen LogP) is 2.51. The largest absolute Gasteiger partial charge is 0.364 e. The molecule has 1 N–H and O–H groups in total. The van der Waals surface area contributed by atoms with Gasteiger partial charge in [0.25, 0.3) is 0 Å². The molecule has 2 aromatic rings. The lowest BCUT2D eigenvalue weighted by Crippen LogP contribution is -2.02. The fourth-order valence-corrected chi connectivity index (χ4v) is 1.85. The van der Waals surface area contributed by atoms with Crippen LogP contribution in [0.25, 0.3) is 0 Å². The zero-order valence-electron chi connectivity index (χ0n) is 11.1. The van der Waals surface area contributed by atoms with Gasteiger partial charge in [-0.3, -0.25) is 9.36 Å². The van der Waals surface area contributed by atoms with E-state index in [9.17, 15) is 0 Å². The molecule has 18 heavy (non-hydrogen) atoms. The maximum atomic E-state index is 4.44. The van der Waals surface area contributed by atoms with E-state index in [2.05, 4.69) is 35.6 Å². The molecule has 2 heterocycles. The fraction of sp³-hybridized carbons (Fsp3) is 0.538. The normalized spacial score (nSPS) is 10.8. The molecule has 0 saturated heterocycles. The summed E-state index contributed by atoms with van der Waals surface area (Å²) in [7, 11) is 0. The molecule has 0 aliphatic rings. The maximum absolute atomic E-state index is 4.44. The van der Waals surface area contributed by atoms with Gasteiger partial charge in [-0.25, -0.2) is 0 Å². The number of anilines is 1. The van der Waals surface area contributed by atoms with Crippen molar-refractivity contribution in [2.75, 3.05) is 5.32 Å². The molecular weight excluding hydrogens is 226 g/mol. The molecule has 0 atom stereocenters. The topological polar surface area (TPSA) is 47.7 Å². The van der Waals surface area contributed by atoms with Crippen LogP contribution in [0.1, 0.15) is 32.3 Å². The van der Waals surface area contributed by atoms with Crippen LogP contribution in [0, 0.1) is 0 Å². The molecule has 0 fully saturated rings. The Morgan fingerprint density at radius 3 is 2.72 bits per heavy atom. The summed E-state index contributed by atoms with van der Waals surface area (Å²) in [5.41, 5.74) is 1.19. The van der Waals surface area contributed by atoms with Crippen LogP contribution in [-0.2, 0) is 19.6 Å². The summed E-state index contributed by atoms with van der Waals surface area (Å²) in [6, 6.07) is 2.01. The molecule has 0 aliphatic carbocycles. The SMILES string of the molecule is CCCn1cc(CNc2ccn(CCC)n2)cn1. The second-order valence-corrected chi connectivity index (χ2v) is 4.43. The van der Waals surface area contributed by atoms with Crippen molar-refractivity contribution in [2.24, 2.45) is 0 Å². The van der Waals surface area contributed by atoms with Crippen LogP contribution in [0.3, 0.4) is 0 Å². The molecule has 98 valence electrons. The van der Waals surface area contributed by atoms with Crippen LogP contribution in [0.5, 0.6) is 0 Å². The van der Waals surface area contributed by atoms with Crippen molar-refractivity contribution in [3.63, 3.8) is 0 Å². The van der Waals surface area contributed by atoms with E-state index in [1.165, 1.54) is 5.56 Å². The Hall–Kier alpha value is -1.78. The Morgan fingerprint density at radius 2 is 1.94 bits per heavy atom. The number of hydrogen-bond donors (Lipinski definition) is 1. The first-order chi connectivity index (χ1) is 8.81. The third-order valence-corrected chi connectivity index (χ3v) is 2.71. The quantitative estimate of drug-likeness (QED) is 0.817. The number of nitrogens with one attached hydrogen (secondary N) is 1. The highest BCUT2D eigenvalue weighted by Crippen LogP contribution is 2.06. The molecule has 5 heteroatoms. The van der Waals surface area contributed by atoms with E-state index in [0.717, 1.165) is 38.3 Å². The minimum Gasteiger partial charge on any atom is -0.364 e. The number of rotatable bonds is 7. The van der Waals surface area contributed by atoms with Gasteiger partial charge in [-0.2, -0.15) is 10.2 Å². The van der Waals surface area contributed by atoms with E-state index in [1.54, 1.807) is 0 Å². The maximum Gasteiger partial charge on any atom is 0.148 e. The van der Waals surface area contributed by atoms with Crippen LogP contribution in [0.15, 0.2) is 24.7 Å². The first-order valence-electron chi connectivity index (χ1n) is 6.60. The van der Waals surface area contributed by atoms with Gasteiger partial charge in [0.15, 0.2) is 0 Å². The Labute approximate surface area is 108 Å². The molecule has 0 amide bonds. The summed E-state index contributed by atoms with van der Waals surface area (Å²) in [5, 5.41) is 12.1. The Kier molecular flexibility index (Phi) is 4.39. The summed E-state index contributed by atoms with van der Waals surface area (Å²) < 4.78 is 3.94. The molecule has 5 nitrogen and oxygen atoms in total. The first-order valence-corrected chi connectivity index (χ1v) is 6.60. The van der Waals surface area contributed by atoms with Crippen molar-refractivity contribution in [3.8, 4) is 0 Å². The van der Waals surface area contributed by atoms with Crippen molar-refractivity contribution in [1.82, 2.24) is 19.6 Å². The second kappa shape index (κ2) is 6.23. The fourth-order valence-electron chi connectivity index (χ4n) is 1.85. The third kappa shape index (κ3) is 3.35. The average molecular weight is 247 g/mol. The summed E-state index contributed by atoms with van der Waals surface area (Å²) in [5.74, 6) is 0.923. The van der Waals surface area contributed by atoms with E-state index < -0.39 is 0 Å². The van der Waals surface area contributed by atoms with Gasteiger partial charge < -0.3 is 5.32 Å². The predicted molar refractivity (Wildman–Crippen MR) is 72.4 cm³/mol. The standard InChI is InChI=1S/C13H21N5/c1-3-6-17-8-5-13(16-17)14-9-12-10-15-18(11-12)7-4-2/h5,8,10-11H,3-4,6-7,9H2,1-2H3,(H,14,16). The van der Waals surface area contributed by atoms with Gasteiger partial charge in [0.05, 0.1) is 6.20 Å². The number of aryl methyl sites for hydroxylation is 2. The Bertz CT molecular complexity index is 427. The molecule has 0 bridgehead atoms. The van der Waals surface area contributed by atoms with Crippen LogP contribution in [0.4, 0.5) is 5.82 Å². The highest BCUT2D eigenvalue weighted by Gasteiger charge is 2.00. The molecular formula is C13H21N5. The highest BCUT2D eigenvalue weighted by atomic mass is 15.3. The molecule has 0 aliphatic heterocycles. The van der Waals surface area contributed by atoms with Crippen molar-refractivity contribution in [1.29, 1.82) is 0 Å². The lowest BCUT2D eigenvalue weighted by Gasteiger charge is -2.00. The lowest BCUT2D eigenvalue weighted by molar-refractivity contribution is 0.602. The van der Waals surface area contributed by atoms with Crippen molar-refractivity contribution in [2.45, 2.75) is 46.3 Å². The van der Waals surface area contributed by atoms with Crippen molar-refractivity contribution < 1.29 is 0 Å². The van der Waals surface area contributed by atoms with Crippen LogP contribution in [0.2, 0.25) is 0 Å². The zero-order chi connectivity index (χ0) is 12.8.